The number of ether oxygens (including phenoxy) is 2. The molecule has 0 aromatic heterocycles. The molecule has 5 nitrogen and oxygen atoms in total. The second kappa shape index (κ2) is 5.93. The van der Waals surface area contributed by atoms with E-state index >= 15 is 0 Å². The van der Waals surface area contributed by atoms with Crippen molar-refractivity contribution in [2.45, 2.75) is 40.0 Å². The second-order valence-corrected chi connectivity index (χ2v) is 7.42. The number of ketones is 1. The molecule has 0 N–H and O–H groups in total. The summed E-state index contributed by atoms with van der Waals surface area (Å²) in [5, 5.41) is 0. The van der Waals surface area contributed by atoms with Crippen LogP contribution in [0.5, 0.6) is 0 Å². The molecular formula is C17H29NO4. The van der Waals surface area contributed by atoms with Gasteiger partial charge in [-0.25, -0.2) is 0 Å². The monoisotopic (exact) mass is 311 g/mol. The molecule has 22 heavy (non-hydrogen) atoms. The highest BCUT2D eigenvalue weighted by atomic mass is 16.5. The van der Waals surface area contributed by atoms with Crippen LogP contribution in [-0.4, -0.2) is 57.1 Å². The first-order valence-corrected chi connectivity index (χ1v) is 8.07. The molecule has 2 aliphatic rings. The number of Topliss-reactive ketones (excluding diaryl/α,β-unsaturated/α-hetero) is 1. The maximum absolute atomic E-state index is 13.3. The number of amides is 1. The Balaban J connectivity index is 2.27. The molecule has 0 spiro atoms. The molecule has 0 aliphatic heterocycles. The SMILES string of the molecule is COCCN(CCOC)C(=O)[C@]12CC[C@@](C)(C(=O)C1)C2(C)C. The molecular weight excluding hydrogens is 282 g/mol. The molecule has 0 radical (unpaired) electrons. The fourth-order valence-electron chi connectivity index (χ4n) is 4.35. The van der Waals surface area contributed by atoms with Gasteiger partial charge in [-0.3, -0.25) is 9.59 Å². The fraction of sp³-hybridized carbons (Fsp3) is 0.882. The Morgan fingerprint density at radius 1 is 1.09 bits per heavy atom. The van der Waals surface area contributed by atoms with Crippen molar-refractivity contribution >= 4 is 11.7 Å². The van der Waals surface area contributed by atoms with Gasteiger partial charge in [0.1, 0.15) is 5.78 Å². The lowest BCUT2D eigenvalue weighted by Gasteiger charge is -2.41. The summed E-state index contributed by atoms with van der Waals surface area (Å²) in [5.41, 5.74) is -1.22. The van der Waals surface area contributed by atoms with E-state index in [1.807, 2.05) is 11.8 Å². The predicted molar refractivity (Wildman–Crippen MR) is 83.5 cm³/mol. The van der Waals surface area contributed by atoms with E-state index in [-0.39, 0.29) is 22.5 Å². The molecule has 2 rings (SSSR count). The van der Waals surface area contributed by atoms with Crippen LogP contribution in [0.15, 0.2) is 0 Å². The highest BCUT2D eigenvalue weighted by molar-refractivity contribution is 5.99. The third-order valence-corrected chi connectivity index (χ3v) is 6.53. The van der Waals surface area contributed by atoms with Crippen molar-refractivity contribution in [2.75, 3.05) is 40.5 Å². The lowest BCUT2D eigenvalue weighted by Crippen LogP contribution is -2.50. The zero-order valence-corrected chi connectivity index (χ0v) is 14.5. The van der Waals surface area contributed by atoms with Crippen molar-refractivity contribution < 1.29 is 19.1 Å². The van der Waals surface area contributed by atoms with Crippen molar-refractivity contribution in [1.82, 2.24) is 4.90 Å². The van der Waals surface area contributed by atoms with Gasteiger partial charge in [0.25, 0.3) is 0 Å². The Kier molecular flexibility index (Phi) is 4.69. The summed E-state index contributed by atoms with van der Waals surface area (Å²) in [7, 11) is 3.26. The molecule has 5 heteroatoms. The maximum atomic E-state index is 13.3. The van der Waals surface area contributed by atoms with Crippen molar-refractivity contribution in [3.8, 4) is 0 Å². The normalized spacial score (nSPS) is 32.5. The standard InChI is InChI=1S/C17H29NO4/c1-15(2)16(3)6-7-17(15,12-13(16)19)14(20)18(8-10-21-4)9-11-22-5/h6-12H2,1-5H3/t16-,17-/m0/s1. The number of rotatable bonds is 7. The van der Waals surface area contributed by atoms with Gasteiger partial charge in [-0.2, -0.15) is 0 Å². The quantitative estimate of drug-likeness (QED) is 0.720. The molecule has 2 atom stereocenters. The highest BCUT2D eigenvalue weighted by Crippen LogP contribution is 2.70. The lowest BCUT2D eigenvalue weighted by atomic mass is 9.64. The number of carbonyl (C=O) groups excluding carboxylic acids is 2. The van der Waals surface area contributed by atoms with Crippen LogP contribution >= 0.6 is 0 Å². The smallest absolute Gasteiger partial charge is 0.229 e. The fourth-order valence-corrected chi connectivity index (χ4v) is 4.35. The van der Waals surface area contributed by atoms with E-state index in [1.54, 1.807) is 14.2 Å². The average Bonchev–Trinajstić information content (AvgIpc) is 2.77. The average molecular weight is 311 g/mol. The number of hydrogen-bond donors (Lipinski definition) is 0. The minimum atomic E-state index is -0.555. The summed E-state index contributed by atoms with van der Waals surface area (Å²) in [6, 6.07) is 0. The van der Waals surface area contributed by atoms with E-state index in [2.05, 4.69) is 13.8 Å². The minimum absolute atomic E-state index is 0.0983. The van der Waals surface area contributed by atoms with Gasteiger partial charge in [0.15, 0.2) is 0 Å². The first-order valence-electron chi connectivity index (χ1n) is 8.07. The number of methoxy groups -OCH3 is 2. The summed E-state index contributed by atoms with van der Waals surface area (Å²) in [6.07, 6.45) is 2.00. The van der Waals surface area contributed by atoms with E-state index in [0.29, 0.717) is 32.7 Å². The number of nitrogens with zero attached hydrogens (tertiary/aromatic N) is 1. The van der Waals surface area contributed by atoms with Gasteiger partial charge in [0.2, 0.25) is 5.91 Å². The van der Waals surface area contributed by atoms with Gasteiger partial charge >= 0.3 is 0 Å². The Bertz CT molecular complexity index is 454. The minimum Gasteiger partial charge on any atom is -0.383 e. The van der Waals surface area contributed by atoms with E-state index in [1.165, 1.54) is 0 Å². The Morgan fingerprint density at radius 3 is 2.00 bits per heavy atom. The molecule has 2 saturated carbocycles. The van der Waals surface area contributed by atoms with Crippen LogP contribution in [0.1, 0.15) is 40.0 Å². The lowest BCUT2D eigenvalue weighted by molar-refractivity contribution is -0.149. The summed E-state index contributed by atoms with van der Waals surface area (Å²) in [5.74, 6) is 0.344. The van der Waals surface area contributed by atoms with E-state index in [0.717, 1.165) is 12.8 Å². The van der Waals surface area contributed by atoms with Crippen LogP contribution in [0, 0.1) is 16.2 Å². The van der Waals surface area contributed by atoms with Gasteiger partial charge in [0, 0.05) is 39.1 Å². The third-order valence-electron chi connectivity index (χ3n) is 6.53. The predicted octanol–water partition coefficient (Wildman–Crippen LogP) is 1.89. The number of hydrogen-bond acceptors (Lipinski definition) is 4. The van der Waals surface area contributed by atoms with Crippen molar-refractivity contribution in [1.29, 1.82) is 0 Å². The van der Waals surface area contributed by atoms with Gasteiger partial charge in [0.05, 0.1) is 18.6 Å². The Morgan fingerprint density at radius 2 is 1.64 bits per heavy atom. The zero-order chi connectivity index (χ0) is 16.6. The molecule has 0 aromatic carbocycles. The van der Waals surface area contributed by atoms with Crippen LogP contribution in [-0.2, 0) is 19.1 Å². The third kappa shape index (κ3) is 2.21. The molecule has 2 bridgehead atoms. The molecule has 126 valence electrons. The molecule has 2 aliphatic carbocycles. The zero-order valence-electron chi connectivity index (χ0n) is 14.5. The molecule has 1 amide bonds. The summed E-state index contributed by atoms with van der Waals surface area (Å²) in [4.78, 5) is 27.6. The molecule has 0 heterocycles. The van der Waals surface area contributed by atoms with Gasteiger partial charge in [-0.15, -0.1) is 0 Å². The Labute approximate surface area is 133 Å². The molecule has 2 fully saturated rings. The molecule has 0 saturated heterocycles. The van der Waals surface area contributed by atoms with Gasteiger partial charge < -0.3 is 14.4 Å². The second-order valence-electron chi connectivity index (χ2n) is 7.42. The van der Waals surface area contributed by atoms with Crippen LogP contribution in [0.4, 0.5) is 0 Å². The van der Waals surface area contributed by atoms with Crippen molar-refractivity contribution in [2.24, 2.45) is 16.2 Å². The first kappa shape index (κ1) is 17.4. The van der Waals surface area contributed by atoms with Crippen molar-refractivity contribution in [3.63, 3.8) is 0 Å². The number of fused-ring (bicyclic) bond motifs is 2. The van der Waals surface area contributed by atoms with Crippen molar-refractivity contribution in [3.05, 3.63) is 0 Å². The van der Waals surface area contributed by atoms with Gasteiger partial charge in [-0.05, 0) is 18.3 Å². The summed E-state index contributed by atoms with van der Waals surface area (Å²) < 4.78 is 10.3. The van der Waals surface area contributed by atoms with E-state index in [4.69, 9.17) is 9.47 Å². The summed E-state index contributed by atoms with van der Waals surface area (Å²) in [6.45, 7) is 8.30. The van der Waals surface area contributed by atoms with Crippen LogP contribution < -0.4 is 0 Å². The maximum Gasteiger partial charge on any atom is 0.229 e. The molecule has 0 aromatic rings. The number of carbonyl (C=O) groups is 2. The Hall–Kier alpha value is -0.940. The van der Waals surface area contributed by atoms with Crippen LogP contribution in [0.25, 0.3) is 0 Å². The van der Waals surface area contributed by atoms with Crippen LogP contribution in [0.3, 0.4) is 0 Å². The summed E-state index contributed by atoms with van der Waals surface area (Å²) >= 11 is 0. The van der Waals surface area contributed by atoms with E-state index in [9.17, 15) is 9.59 Å². The van der Waals surface area contributed by atoms with Crippen LogP contribution in [0.2, 0.25) is 0 Å². The largest absolute Gasteiger partial charge is 0.383 e. The van der Waals surface area contributed by atoms with E-state index < -0.39 is 5.41 Å². The topological polar surface area (TPSA) is 55.8 Å². The van der Waals surface area contributed by atoms with Gasteiger partial charge in [-0.1, -0.05) is 20.8 Å². The first-order chi connectivity index (χ1) is 10.3. The highest BCUT2D eigenvalue weighted by Gasteiger charge is 2.72. The molecule has 0 unspecified atom stereocenters.